The molecule has 0 rings (SSSR count). The summed E-state index contributed by atoms with van der Waals surface area (Å²) in [6.07, 6.45) is -16.2. The number of hydrogen-bond acceptors (Lipinski definition) is 4. The third-order valence-corrected chi connectivity index (χ3v) is 4.26. The number of phosphoric acid groups is 1. The van der Waals surface area contributed by atoms with Crippen molar-refractivity contribution in [1.82, 2.24) is 0 Å². The lowest BCUT2D eigenvalue weighted by Gasteiger charge is -2.30. The Kier molecular flexibility index (Phi) is 9.98. The topological polar surface area (TPSA) is 58.6 Å². The molecule has 142 valence electrons. The number of alkyl halides is 6. The molecule has 0 aromatic heterocycles. The van der Waals surface area contributed by atoms with Crippen molar-refractivity contribution in [2.24, 2.45) is 0 Å². The van der Waals surface area contributed by atoms with Crippen molar-refractivity contribution in [3.63, 3.8) is 0 Å². The molecule has 0 aromatic rings. The smallest absolute Gasteiger partial charge is 0.424 e. The summed E-state index contributed by atoms with van der Waals surface area (Å²) in [5.74, 6) is 0. The minimum atomic E-state index is -5.89. The molecule has 0 aromatic carbocycles. The SMILES string of the molecule is CC[N+](C)(CC)CC.COP(=O)([O-])OC(C(F)(F)F)C(F)(F)F. The Morgan fingerprint density at radius 2 is 1.30 bits per heavy atom. The number of nitrogens with zero attached hydrogens (tertiary/aromatic N) is 1. The first kappa shape index (κ1) is 24.9. The zero-order chi connectivity index (χ0) is 19.1. The van der Waals surface area contributed by atoms with Gasteiger partial charge in [0, 0.05) is 7.11 Å². The van der Waals surface area contributed by atoms with Crippen LogP contribution in [-0.2, 0) is 13.6 Å². The van der Waals surface area contributed by atoms with Crippen LogP contribution in [0.4, 0.5) is 26.3 Å². The molecule has 0 N–H and O–H groups in total. The summed E-state index contributed by atoms with van der Waals surface area (Å²) in [4.78, 5) is 10.3. The maximum absolute atomic E-state index is 11.7. The highest BCUT2D eigenvalue weighted by Crippen LogP contribution is 2.47. The van der Waals surface area contributed by atoms with Crippen LogP contribution in [0.3, 0.4) is 0 Å². The molecule has 0 heterocycles. The fourth-order valence-electron chi connectivity index (χ4n) is 1.15. The number of rotatable bonds is 6. The van der Waals surface area contributed by atoms with Crippen LogP contribution < -0.4 is 4.89 Å². The van der Waals surface area contributed by atoms with E-state index in [4.69, 9.17) is 0 Å². The molecule has 0 aliphatic carbocycles. The quantitative estimate of drug-likeness (QED) is 0.406. The fourth-order valence-corrected chi connectivity index (χ4v) is 1.73. The van der Waals surface area contributed by atoms with E-state index in [9.17, 15) is 35.8 Å². The summed E-state index contributed by atoms with van der Waals surface area (Å²) in [5.41, 5.74) is 0. The normalized spacial score (nSPS) is 15.9. The van der Waals surface area contributed by atoms with Crippen LogP contribution in [-0.4, -0.2) is 56.7 Å². The monoisotopic (exact) mass is 377 g/mol. The second-order valence-corrected chi connectivity index (χ2v) is 6.24. The third kappa shape index (κ3) is 10.2. The van der Waals surface area contributed by atoms with E-state index in [1.807, 2.05) is 0 Å². The van der Waals surface area contributed by atoms with Crippen LogP contribution in [0, 0.1) is 0 Å². The number of phosphoric ester groups is 1. The van der Waals surface area contributed by atoms with Gasteiger partial charge >= 0.3 is 12.4 Å². The van der Waals surface area contributed by atoms with Gasteiger partial charge in [0.15, 0.2) is 0 Å². The first-order valence-corrected chi connectivity index (χ1v) is 8.06. The highest BCUT2D eigenvalue weighted by Gasteiger charge is 2.59. The maximum atomic E-state index is 11.7. The average molecular weight is 377 g/mol. The molecule has 0 radical (unpaired) electrons. The predicted molar refractivity (Wildman–Crippen MR) is 69.4 cm³/mol. The molecule has 0 fully saturated rings. The van der Waals surface area contributed by atoms with E-state index in [1.54, 1.807) is 0 Å². The molecule has 5 nitrogen and oxygen atoms in total. The molecule has 0 saturated carbocycles. The summed E-state index contributed by atoms with van der Waals surface area (Å²) in [6, 6.07) is 0. The Morgan fingerprint density at radius 3 is 1.43 bits per heavy atom. The molecular formula is C11H22F6NO4P. The van der Waals surface area contributed by atoms with Crippen LogP contribution in [0.15, 0.2) is 0 Å². The first-order chi connectivity index (χ1) is 10.1. The van der Waals surface area contributed by atoms with Gasteiger partial charge in [-0.25, -0.2) is 0 Å². The lowest BCUT2D eigenvalue weighted by Crippen LogP contribution is -2.44. The van der Waals surface area contributed by atoms with Crippen molar-refractivity contribution in [1.29, 1.82) is 0 Å². The van der Waals surface area contributed by atoms with Crippen LogP contribution in [0.5, 0.6) is 0 Å². The van der Waals surface area contributed by atoms with E-state index in [0.29, 0.717) is 7.11 Å². The third-order valence-electron chi connectivity index (χ3n) is 3.34. The van der Waals surface area contributed by atoms with Crippen molar-refractivity contribution >= 4 is 7.82 Å². The number of halogens is 6. The molecule has 0 bridgehead atoms. The molecule has 23 heavy (non-hydrogen) atoms. The lowest BCUT2D eigenvalue weighted by atomic mass is 10.3. The van der Waals surface area contributed by atoms with Crippen molar-refractivity contribution in [2.45, 2.75) is 39.2 Å². The molecule has 1 unspecified atom stereocenters. The minimum Gasteiger partial charge on any atom is -0.756 e. The highest BCUT2D eigenvalue weighted by molar-refractivity contribution is 7.45. The molecule has 0 aliphatic rings. The Morgan fingerprint density at radius 1 is 1.00 bits per heavy atom. The van der Waals surface area contributed by atoms with Crippen molar-refractivity contribution < 1.29 is 49.3 Å². The highest BCUT2D eigenvalue weighted by atomic mass is 31.2. The Bertz CT molecular complexity index is 361. The second-order valence-electron chi connectivity index (χ2n) is 4.77. The van der Waals surface area contributed by atoms with E-state index >= 15 is 0 Å². The zero-order valence-electron chi connectivity index (χ0n) is 13.5. The molecule has 0 aliphatic heterocycles. The summed E-state index contributed by atoms with van der Waals surface area (Å²) < 4.78 is 88.0. The van der Waals surface area contributed by atoms with Crippen molar-refractivity contribution in [3.05, 3.63) is 0 Å². The van der Waals surface area contributed by atoms with Crippen LogP contribution in [0.2, 0.25) is 0 Å². The molecule has 0 amide bonds. The first-order valence-electron chi connectivity index (χ1n) is 6.60. The lowest BCUT2D eigenvalue weighted by molar-refractivity contribution is -0.904. The van der Waals surface area contributed by atoms with Crippen LogP contribution in [0.25, 0.3) is 0 Å². The second kappa shape index (κ2) is 9.22. The largest absolute Gasteiger partial charge is 0.756 e. The summed E-state index contributed by atoms with van der Waals surface area (Å²) in [6.45, 7) is 10.5. The van der Waals surface area contributed by atoms with Crippen molar-refractivity contribution in [2.75, 3.05) is 33.8 Å². The molecule has 0 saturated heterocycles. The van der Waals surface area contributed by atoms with Gasteiger partial charge in [0.25, 0.3) is 13.9 Å². The van der Waals surface area contributed by atoms with Crippen LogP contribution in [0.1, 0.15) is 20.8 Å². The van der Waals surface area contributed by atoms with E-state index in [2.05, 4.69) is 36.9 Å². The minimum absolute atomic E-state index is 0.373. The van der Waals surface area contributed by atoms with E-state index < -0.39 is 26.3 Å². The van der Waals surface area contributed by atoms with Gasteiger partial charge in [-0.05, 0) is 20.8 Å². The van der Waals surface area contributed by atoms with Gasteiger partial charge in [0.2, 0.25) is 0 Å². The number of hydrogen-bond donors (Lipinski definition) is 0. The van der Waals surface area contributed by atoms with Gasteiger partial charge in [-0.2, -0.15) is 26.3 Å². The number of quaternary nitrogens is 1. The van der Waals surface area contributed by atoms with Gasteiger partial charge in [-0.1, -0.05) is 0 Å². The Labute approximate surface area is 131 Å². The van der Waals surface area contributed by atoms with Gasteiger partial charge in [0.05, 0.1) is 26.7 Å². The zero-order valence-corrected chi connectivity index (χ0v) is 14.4. The van der Waals surface area contributed by atoms with Gasteiger partial charge in [0.1, 0.15) is 0 Å². The standard InChI is InChI=1S/C7H18N.C4H5F6O4P/c1-5-8(4,6-2)7-3;1-13-15(11,12)14-2(3(5,6)7)4(8,9)10/h5-7H2,1-4H3;2H,1H3,(H,11,12)/q+1;/p-1. The Hall–Kier alpha value is -0.350. The maximum Gasteiger partial charge on any atom is 0.424 e. The summed E-state index contributed by atoms with van der Waals surface area (Å²) in [5, 5.41) is 0. The van der Waals surface area contributed by atoms with E-state index in [-0.39, 0.29) is 0 Å². The molecule has 1 atom stereocenters. The van der Waals surface area contributed by atoms with E-state index in [0.717, 1.165) is 0 Å². The van der Waals surface area contributed by atoms with Crippen LogP contribution >= 0.6 is 7.82 Å². The van der Waals surface area contributed by atoms with Crippen molar-refractivity contribution in [3.8, 4) is 0 Å². The van der Waals surface area contributed by atoms with Gasteiger partial charge in [-0.3, -0.25) is 9.09 Å². The molecule has 12 heteroatoms. The fraction of sp³-hybridized carbons (Fsp3) is 1.00. The molecule has 0 spiro atoms. The van der Waals surface area contributed by atoms with E-state index in [1.165, 1.54) is 24.1 Å². The predicted octanol–water partition coefficient (Wildman–Crippen LogP) is 3.10. The Balaban J connectivity index is 0. The van der Waals surface area contributed by atoms with Gasteiger partial charge < -0.3 is 13.9 Å². The average Bonchev–Trinajstić information content (AvgIpc) is 2.42. The molecular weight excluding hydrogens is 355 g/mol. The summed E-state index contributed by atoms with van der Waals surface area (Å²) >= 11 is 0. The van der Waals surface area contributed by atoms with Gasteiger partial charge in [-0.15, -0.1) is 0 Å². The summed E-state index contributed by atoms with van der Waals surface area (Å²) in [7, 11) is -2.95.